The summed E-state index contributed by atoms with van der Waals surface area (Å²) in [6.07, 6.45) is 4.69. The standard InChI is InChI=1S/C16H17Cl2NO2/c17-12-7-3-6-10(15(12)18)11-8-13(20)19-16(21)14(11)9-4-1-2-5-9/h3,6-7,9,11,14H,1-2,4-5,8H2,(H,19,20,21). The molecule has 21 heavy (non-hydrogen) atoms. The summed E-state index contributed by atoms with van der Waals surface area (Å²) in [5.74, 6) is -0.394. The van der Waals surface area contributed by atoms with Crippen molar-refractivity contribution in [3.63, 3.8) is 0 Å². The molecule has 1 saturated heterocycles. The second kappa shape index (κ2) is 5.98. The van der Waals surface area contributed by atoms with E-state index < -0.39 is 0 Å². The zero-order valence-corrected chi connectivity index (χ0v) is 13.1. The number of benzene rings is 1. The third-order valence-corrected chi connectivity index (χ3v) is 5.53. The maximum Gasteiger partial charge on any atom is 0.230 e. The first-order chi connectivity index (χ1) is 10.1. The number of carbonyl (C=O) groups is 2. The predicted octanol–water partition coefficient (Wildman–Crippen LogP) is 3.93. The Labute approximate surface area is 134 Å². The Morgan fingerprint density at radius 2 is 1.81 bits per heavy atom. The van der Waals surface area contributed by atoms with Gasteiger partial charge in [-0.15, -0.1) is 0 Å². The minimum atomic E-state index is -0.227. The fourth-order valence-electron chi connectivity index (χ4n) is 3.75. The molecule has 1 N–H and O–H groups in total. The largest absolute Gasteiger partial charge is 0.296 e. The van der Waals surface area contributed by atoms with Gasteiger partial charge in [-0.25, -0.2) is 0 Å². The second-order valence-electron chi connectivity index (χ2n) is 5.94. The SMILES string of the molecule is O=C1CC(c2cccc(Cl)c2Cl)C(C2CCCC2)C(=O)N1. The van der Waals surface area contributed by atoms with Crippen molar-refractivity contribution in [2.24, 2.45) is 11.8 Å². The van der Waals surface area contributed by atoms with E-state index in [0.29, 0.717) is 22.4 Å². The highest BCUT2D eigenvalue weighted by Gasteiger charge is 2.43. The van der Waals surface area contributed by atoms with Gasteiger partial charge in [-0.2, -0.15) is 0 Å². The number of amides is 2. The first-order valence-electron chi connectivity index (χ1n) is 7.35. The smallest absolute Gasteiger partial charge is 0.230 e. The topological polar surface area (TPSA) is 46.2 Å². The molecule has 0 bridgehead atoms. The van der Waals surface area contributed by atoms with Crippen LogP contribution in [0.25, 0.3) is 0 Å². The maximum absolute atomic E-state index is 12.4. The lowest BCUT2D eigenvalue weighted by Crippen LogP contribution is -2.47. The van der Waals surface area contributed by atoms with Gasteiger partial charge in [0.25, 0.3) is 0 Å². The van der Waals surface area contributed by atoms with E-state index in [4.69, 9.17) is 23.2 Å². The summed E-state index contributed by atoms with van der Waals surface area (Å²) in [6, 6.07) is 5.43. The number of piperidine rings is 1. The van der Waals surface area contributed by atoms with Crippen LogP contribution in [-0.4, -0.2) is 11.8 Å². The summed E-state index contributed by atoms with van der Waals surface area (Å²) >= 11 is 12.4. The summed E-state index contributed by atoms with van der Waals surface area (Å²) in [7, 11) is 0. The minimum absolute atomic E-state index is 0.154. The van der Waals surface area contributed by atoms with Gasteiger partial charge in [-0.1, -0.05) is 48.2 Å². The van der Waals surface area contributed by atoms with Gasteiger partial charge >= 0.3 is 0 Å². The first-order valence-corrected chi connectivity index (χ1v) is 8.11. The molecule has 2 unspecified atom stereocenters. The Balaban J connectivity index is 2.00. The Hall–Kier alpha value is -1.06. The lowest BCUT2D eigenvalue weighted by atomic mass is 9.73. The zero-order chi connectivity index (χ0) is 15.0. The van der Waals surface area contributed by atoms with Gasteiger partial charge in [0.05, 0.1) is 10.0 Å². The average Bonchev–Trinajstić information content (AvgIpc) is 2.94. The van der Waals surface area contributed by atoms with Crippen molar-refractivity contribution >= 4 is 35.0 Å². The molecule has 1 aliphatic heterocycles. The molecule has 2 amide bonds. The summed E-state index contributed by atoms with van der Waals surface area (Å²) in [6.45, 7) is 0. The molecule has 2 atom stereocenters. The average molecular weight is 326 g/mol. The van der Waals surface area contributed by atoms with Crippen LogP contribution in [0.15, 0.2) is 18.2 Å². The van der Waals surface area contributed by atoms with Crippen molar-refractivity contribution in [3.8, 4) is 0 Å². The van der Waals surface area contributed by atoms with E-state index in [1.807, 2.05) is 12.1 Å². The van der Waals surface area contributed by atoms with Crippen molar-refractivity contribution in [1.29, 1.82) is 0 Å². The number of imide groups is 1. The van der Waals surface area contributed by atoms with Crippen LogP contribution in [0.2, 0.25) is 10.0 Å². The highest BCUT2D eigenvalue weighted by Crippen LogP contribution is 2.45. The van der Waals surface area contributed by atoms with E-state index in [1.165, 1.54) is 0 Å². The van der Waals surface area contributed by atoms with Crippen LogP contribution < -0.4 is 5.32 Å². The lowest BCUT2D eigenvalue weighted by Gasteiger charge is -2.34. The molecule has 1 aliphatic carbocycles. The molecule has 112 valence electrons. The van der Waals surface area contributed by atoms with E-state index in [-0.39, 0.29) is 23.7 Å². The Morgan fingerprint density at radius 1 is 1.10 bits per heavy atom. The molecule has 2 fully saturated rings. The quantitative estimate of drug-likeness (QED) is 0.837. The molecule has 0 spiro atoms. The number of halogens is 2. The van der Waals surface area contributed by atoms with Crippen LogP contribution in [-0.2, 0) is 9.59 Å². The van der Waals surface area contributed by atoms with Crippen molar-refractivity contribution in [1.82, 2.24) is 5.32 Å². The van der Waals surface area contributed by atoms with E-state index >= 15 is 0 Å². The predicted molar refractivity (Wildman–Crippen MR) is 82.4 cm³/mol. The maximum atomic E-state index is 12.4. The van der Waals surface area contributed by atoms with Gasteiger partial charge in [0.2, 0.25) is 11.8 Å². The molecule has 5 heteroatoms. The van der Waals surface area contributed by atoms with Crippen molar-refractivity contribution in [2.45, 2.75) is 38.0 Å². The van der Waals surface area contributed by atoms with E-state index in [1.54, 1.807) is 6.07 Å². The third kappa shape index (κ3) is 2.82. The van der Waals surface area contributed by atoms with Crippen LogP contribution in [0.5, 0.6) is 0 Å². The monoisotopic (exact) mass is 325 g/mol. The number of nitrogens with one attached hydrogen (secondary N) is 1. The molecule has 1 heterocycles. The minimum Gasteiger partial charge on any atom is -0.296 e. The zero-order valence-electron chi connectivity index (χ0n) is 11.6. The summed E-state index contributed by atoms with van der Waals surface area (Å²) < 4.78 is 0. The van der Waals surface area contributed by atoms with E-state index in [0.717, 1.165) is 31.2 Å². The van der Waals surface area contributed by atoms with Crippen LogP contribution >= 0.6 is 23.2 Å². The molecular formula is C16H17Cl2NO2. The number of hydrogen-bond donors (Lipinski definition) is 1. The van der Waals surface area contributed by atoms with Crippen molar-refractivity contribution < 1.29 is 9.59 Å². The molecule has 2 aliphatic rings. The normalized spacial score (nSPS) is 27.0. The second-order valence-corrected chi connectivity index (χ2v) is 6.72. The van der Waals surface area contributed by atoms with Gasteiger partial charge in [-0.05, 0) is 30.4 Å². The van der Waals surface area contributed by atoms with Gasteiger partial charge in [0.15, 0.2) is 0 Å². The van der Waals surface area contributed by atoms with E-state index in [9.17, 15) is 9.59 Å². The molecule has 1 saturated carbocycles. The molecule has 3 rings (SSSR count). The molecule has 3 nitrogen and oxygen atoms in total. The Bertz CT molecular complexity index is 582. The fraction of sp³-hybridized carbons (Fsp3) is 0.500. The number of hydrogen-bond acceptors (Lipinski definition) is 2. The van der Waals surface area contributed by atoms with Crippen LogP contribution in [0.1, 0.15) is 43.6 Å². The van der Waals surface area contributed by atoms with Crippen molar-refractivity contribution in [2.75, 3.05) is 0 Å². The number of carbonyl (C=O) groups excluding carboxylic acids is 2. The lowest BCUT2D eigenvalue weighted by molar-refractivity contribution is -0.138. The molecule has 0 aromatic heterocycles. The van der Waals surface area contributed by atoms with Crippen LogP contribution in [0, 0.1) is 11.8 Å². The van der Waals surface area contributed by atoms with Crippen LogP contribution in [0.4, 0.5) is 0 Å². The fourth-order valence-corrected chi connectivity index (χ4v) is 4.20. The summed E-state index contributed by atoms with van der Waals surface area (Å²) in [5.41, 5.74) is 0.823. The van der Waals surface area contributed by atoms with Gasteiger partial charge in [-0.3, -0.25) is 14.9 Å². The molecular weight excluding hydrogens is 309 g/mol. The number of rotatable bonds is 2. The highest BCUT2D eigenvalue weighted by atomic mass is 35.5. The van der Waals surface area contributed by atoms with Gasteiger partial charge in [0.1, 0.15) is 0 Å². The summed E-state index contributed by atoms with van der Waals surface area (Å²) in [4.78, 5) is 24.2. The molecule has 0 radical (unpaired) electrons. The highest BCUT2D eigenvalue weighted by molar-refractivity contribution is 6.42. The van der Waals surface area contributed by atoms with Gasteiger partial charge in [0, 0.05) is 18.3 Å². The van der Waals surface area contributed by atoms with E-state index in [2.05, 4.69) is 5.32 Å². The Kier molecular flexibility index (Phi) is 4.23. The molecule has 1 aromatic rings. The van der Waals surface area contributed by atoms with Crippen LogP contribution in [0.3, 0.4) is 0 Å². The molecule has 1 aromatic carbocycles. The van der Waals surface area contributed by atoms with Crippen molar-refractivity contribution in [3.05, 3.63) is 33.8 Å². The summed E-state index contributed by atoms with van der Waals surface area (Å²) in [5, 5.41) is 3.42. The Morgan fingerprint density at radius 3 is 2.52 bits per heavy atom. The van der Waals surface area contributed by atoms with Gasteiger partial charge < -0.3 is 0 Å². The first kappa shape index (κ1) is 14.9. The third-order valence-electron chi connectivity index (χ3n) is 4.69.